The Hall–Kier alpha value is -1.40. The van der Waals surface area contributed by atoms with Crippen LogP contribution in [-0.2, 0) is 6.54 Å². The third kappa shape index (κ3) is 5.62. The molecule has 0 spiro atoms. The molecule has 0 aliphatic carbocycles. The SMILES string of the molecule is Cc1cccc(C(=O)NCCCN(C)Cc2ccccc2)c1I. The third-order valence-corrected chi connectivity index (χ3v) is 5.17. The van der Waals surface area contributed by atoms with Crippen molar-refractivity contribution in [3.63, 3.8) is 0 Å². The molecule has 0 bridgehead atoms. The van der Waals surface area contributed by atoms with Gasteiger partial charge < -0.3 is 10.2 Å². The van der Waals surface area contributed by atoms with Gasteiger partial charge in [0.15, 0.2) is 0 Å². The molecule has 2 aromatic carbocycles. The van der Waals surface area contributed by atoms with Gasteiger partial charge in [-0.25, -0.2) is 0 Å². The summed E-state index contributed by atoms with van der Waals surface area (Å²) in [6.07, 6.45) is 0.942. The fourth-order valence-corrected chi connectivity index (χ4v) is 3.05. The molecular weight excluding hydrogens is 399 g/mol. The molecule has 122 valence electrons. The molecular formula is C19H23IN2O. The largest absolute Gasteiger partial charge is 0.352 e. The zero-order valence-corrected chi connectivity index (χ0v) is 15.8. The number of carbonyl (C=O) groups is 1. The predicted octanol–water partition coefficient (Wildman–Crippen LogP) is 3.85. The van der Waals surface area contributed by atoms with E-state index in [0.717, 1.165) is 34.2 Å². The van der Waals surface area contributed by atoms with Gasteiger partial charge in [0.2, 0.25) is 0 Å². The van der Waals surface area contributed by atoms with Gasteiger partial charge in [-0.1, -0.05) is 42.5 Å². The minimum Gasteiger partial charge on any atom is -0.352 e. The average molecular weight is 422 g/mol. The first-order chi connectivity index (χ1) is 11.1. The molecule has 0 saturated carbocycles. The fraction of sp³-hybridized carbons (Fsp3) is 0.316. The Kier molecular flexibility index (Phi) is 7.05. The molecule has 0 aliphatic rings. The molecule has 0 radical (unpaired) electrons. The van der Waals surface area contributed by atoms with Gasteiger partial charge in [0.1, 0.15) is 0 Å². The van der Waals surface area contributed by atoms with Gasteiger partial charge in [-0.15, -0.1) is 0 Å². The van der Waals surface area contributed by atoms with E-state index in [1.165, 1.54) is 5.56 Å². The minimum atomic E-state index is 0.0174. The average Bonchev–Trinajstić information content (AvgIpc) is 2.55. The van der Waals surface area contributed by atoms with Crippen molar-refractivity contribution in [2.24, 2.45) is 0 Å². The highest BCUT2D eigenvalue weighted by Crippen LogP contribution is 2.16. The van der Waals surface area contributed by atoms with Crippen LogP contribution in [0.15, 0.2) is 48.5 Å². The Morgan fingerprint density at radius 2 is 1.87 bits per heavy atom. The maximum atomic E-state index is 12.2. The number of benzene rings is 2. The monoisotopic (exact) mass is 422 g/mol. The lowest BCUT2D eigenvalue weighted by molar-refractivity contribution is 0.0951. The number of aryl methyl sites for hydroxylation is 1. The number of carbonyl (C=O) groups excluding carboxylic acids is 1. The lowest BCUT2D eigenvalue weighted by atomic mass is 10.1. The molecule has 0 aliphatic heterocycles. The second-order valence-electron chi connectivity index (χ2n) is 5.77. The van der Waals surface area contributed by atoms with Crippen molar-refractivity contribution in [3.8, 4) is 0 Å². The first-order valence-corrected chi connectivity index (χ1v) is 8.91. The molecule has 0 heterocycles. The van der Waals surface area contributed by atoms with Gasteiger partial charge in [0.25, 0.3) is 5.91 Å². The van der Waals surface area contributed by atoms with Crippen LogP contribution >= 0.6 is 22.6 Å². The van der Waals surface area contributed by atoms with Crippen molar-refractivity contribution < 1.29 is 4.79 Å². The van der Waals surface area contributed by atoms with Crippen molar-refractivity contribution >= 4 is 28.5 Å². The van der Waals surface area contributed by atoms with Gasteiger partial charge in [-0.2, -0.15) is 0 Å². The van der Waals surface area contributed by atoms with Crippen LogP contribution in [-0.4, -0.2) is 30.9 Å². The Morgan fingerprint density at radius 3 is 2.61 bits per heavy atom. The van der Waals surface area contributed by atoms with Gasteiger partial charge in [-0.3, -0.25) is 4.79 Å². The highest BCUT2D eigenvalue weighted by Gasteiger charge is 2.10. The van der Waals surface area contributed by atoms with Gasteiger partial charge in [0, 0.05) is 16.7 Å². The summed E-state index contributed by atoms with van der Waals surface area (Å²) in [5.41, 5.74) is 3.22. The van der Waals surface area contributed by atoms with Crippen LogP contribution in [0.25, 0.3) is 0 Å². The summed E-state index contributed by atoms with van der Waals surface area (Å²) in [4.78, 5) is 14.5. The summed E-state index contributed by atoms with van der Waals surface area (Å²) in [5, 5.41) is 3.02. The summed E-state index contributed by atoms with van der Waals surface area (Å²) in [5.74, 6) is 0.0174. The molecule has 0 unspecified atom stereocenters. The zero-order chi connectivity index (χ0) is 16.7. The van der Waals surface area contributed by atoms with E-state index >= 15 is 0 Å². The zero-order valence-electron chi connectivity index (χ0n) is 13.7. The molecule has 3 nitrogen and oxygen atoms in total. The molecule has 1 N–H and O–H groups in total. The van der Waals surface area contributed by atoms with Crippen molar-refractivity contribution in [3.05, 3.63) is 68.8 Å². The normalized spacial score (nSPS) is 10.8. The number of hydrogen-bond acceptors (Lipinski definition) is 2. The lowest BCUT2D eigenvalue weighted by Gasteiger charge is -2.17. The molecule has 23 heavy (non-hydrogen) atoms. The summed E-state index contributed by atoms with van der Waals surface area (Å²) in [7, 11) is 2.11. The Balaban J connectivity index is 1.72. The van der Waals surface area contributed by atoms with E-state index in [1.807, 2.05) is 31.2 Å². The van der Waals surface area contributed by atoms with Crippen LogP contribution in [0.5, 0.6) is 0 Å². The highest BCUT2D eigenvalue weighted by atomic mass is 127. The third-order valence-electron chi connectivity index (χ3n) is 3.73. The van der Waals surface area contributed by atoms with Crippen LogP contribution < -0.4 is 5.32 Å². The van der Waals surface area contributed by atoms with Crippen LogP contribution in [0.3, 0.4) is 0 Å². The van der Waals surface area contributed by atoms with E-state index < -0.39 is 0 Å². The number of hydrogen-bond donors (Lipinski definition) is 1. The highest BCUT2D eigenvalue weighted by molar-refractivity contribution is 14.1. The quantitative estimate of drug-likeness (QED) is 0.543. The van der Waals surface area contributed by atoms with Crippen molar-refractivity contribution in [1.82, 2.24) is 10.2 Å². The van der Waals surface area contributed by atoms with E-state index in [2.05, 4.69) is 64.1 Å². The van der Waals surface area contributed by atoms with Crippen LogP contribution in [0.2, 0.25) is 0 Å². The Labute approximate surface area is 152 Å². The Bertz CT molecular complexity index is 643. The van der Waals surface area contributed by atoms with Crippen molar-refractivity contribution in [2.75, 3.05) is 20.1 Å². The number of halogens is 1. The molecule has 1 amide bonds. The lowest BCUT2D eigenvalue weighted by Crippen LogP contribution is -2.28. The van der Waals surface area contributed by atoms with Gasteiger partial charge in [-0.05, 0) is 66.7 Å². The van der Waals surface area contributed by atoms with E-state index in [4.69, 9.17) is 0 Å². The molecule has 2 aromatic rings. The fourth-order valence-electron chi connectivity index (χ4n) is 2.44. The number of amides is 1. The van der Waals surface area contributed by atoms with Gasteiger partial charge in [0.05, 0.1) is 5.56 Å². The van der Waals surface area contributed by atoms with E-state index in [9.17, 15) is 4.79 Å². The minimum absolute atomic E-state index is 0.0174. The first-order valence-electron chi connectivity index (χ1n) is 7.83. The molecule has 0 atom stereocenters. The van der Waals surface area contributed by atoms with Crippen LogP contribution in [0.1, 0.15) is 27.9 Å². The topological polar surface area (TPSA) is 32.3 Å². The van der Waals surface area contributed by atoms with Crippen LogP contribution in [0, 0.1) is 10.5 Å². The summed E-state index contributed by atoms with van der Waals surface area (Å²) >= 11 is 2.24. The van der Waals surface area contributed by atoms with Crippen molar-refractivity contribution in [1.29, 1.82) is 0 Å². The smallest absolute Gasteiger partial charge is 0.252 e. The summed E-state index contributed by atoms with van der Waals surface area (Å²) in [6.45, 7) is 4.61. The second-order valence-corrected chi connectivity index (χ2v) is 6.85. The van der Waals surface area contributed by atoms with Crippen LogP contribution in [0.4, 0.5) is 0 Å². The van der Waals surface area contributed by atoms with Gasteiger partial charge >= 0.3 is 0 Å². The molecule has 4 heteroatoms. The van der Waals surface area contributed by atoms with Crippen molar-refractivity contribution in [2.45, 2.75) is 19.9 Å². The Morgan fingerprint density at radius 1 is 1.13 bits per heavy atom. The maximum Gasteiger partial charge on any atom is 0.252 e. The molecule has 0 fully saturated rings. The maximum absolute atomic E-state index is 12.2. The molecule has 2 rings (SSSR count). The number of nitrogens with one attached hydrogen (secondary N) is 1. The molecule has 0 aromatic heterocycles. The van der Waals surface area contributed by atoms with E-state index in [-0.39, 0.29) is 5.91 Å². The van der Waals surface area contributed by atoms with E-state index in [0.29, 0.717) is 6.54 Å². The second kappa shape index (κ2) is 9.03. The first kappa shape index (κ1) is 17.9. The number of rotatable bonds is 7. The predicted molar refractivity (Wildman–Crippen MR) is 104 cm³/mol. The number of nitrogens with zero attached hydrogens (tertiary/aromatic N) is 1. The summed E-state index contributed by atoms with van der Waals surface area (Å²) < 4.78 is 1.03. The molecule has 0 saturated heterocycles. The summed E-state index contributed by atoms with van der Waals surface area (Å²) in [6, 6.07) is 16.3. The standard InChI is InChI=1S/C19H23IN2O/c1-15-8-6-11-17(18(15)20)19(23)21-12-7-13-22(2)14-16-9-4-3-5-10-16/h3-6,8-11H,7,12-14H2,1-2H3,(H,21,23). The van der Waals surface area contributed by atoms with E-state index in [1.54, 1.807) is 0 Å².